The summed E-state index contributed by atoms with van der Waals surface area (Å²) in [6.45, 7) is 13.1. The highest BCUT2D eigenvalue weighted by molar-refractivity contribution is 5.32. The lowest BCUT2D eigenvalue weighted by molar-refractivity contribution is -0.398. The smallest absolute Gasteiger partial charge is 0.187 e. The first-order valence-electron chi connectivity index (χ1n) is 28.5. The molecule has 0 aromatic carbocycles. The summed E-state index contributed by atoms with van der Waals surface area (Å²) in [6.07, 6.45) is -21.6. The molecule has 23 heteroatoms. The summed E-state index contributed by atoms with van der Waals surface area (Å²) in [4.78, 5) is 0. The molecular formula is C55H90O23. The highest BCUT2D eigenvalue weighted by Gasteiger charge is 2.85. The van der Waals surface area contributed by atoms with E-state index in [1.54, 1.807) is 7.11 Å². The zero-order valence-electron chi connectivity index (χ0n) is 46.2. The summed E-state index contributed by atoms with van der Waals surface area (Å²) in [5.74, 6) is 0.0443. The van der Waals surface area contributed by atoms with Gasteiger partial charge in [0.25, 0.3) is 0 Å². The van der Waals surface area contributed by atoms with E-state index < -0.39 is 160 Å². The van der Waals surface area contributed by atoms with Crippen molar-refractivity contribution in [2.45, 2.75) is 247 Å². The standard InChI is InChI=1S/C55H90O23/c1-23(20-70-46-40(66)38(64)34(60)27(17-56)72-46)15-26-16-24(2)45-51(6)13-14-54-22-53(54)12-11-32(50(4,5)30(53)9-10-31(54)52(51,7)21-55(45,69-8)78-26)75-49-44(77-47-41(67)37(63)33(59)25(3)71-47)43(36(62)29(19-58)74-49)76-48-42(68)39(65)35(61)28(18-57)73-48/h15,24-49,56-68H,9-14,16-22H2,1-8H3/b23-15-/t24-,25+,26+,27-,28-,29-,30+,31+,32+,33+,34-,35-,36-,37-,38+,39+,40-,41-,42-,43+,44-,45-,46-,47+,48+,49+,51-,52+,53-,54+,55+/m1/s1. The van der Waals surface area contributed by atoms with Gasteiger partial charge in [-0.15, -0.1) is 0 Å². The number of ether oxygens (including phenoxy) is 10. The lowest BCUT2D eigenvalue weighted by Crippen LogP contribution is -2.67. The molecule has 5 heterocycles. The van der Waals surface area contributed by atoms with Gasteiger partial charge >= 0.3 is 0 Å². The second-order valence-corrected chi connectivity index (χ2v) is 26.3. The molecule has 2 spiro atoms. The Kier molecular flexibility index (Phi) is 16.7. The van der Waals surface area contributed by atoms with Gasteiger partial charge in [0.1, 0.15) is 91.6 Å². The molecule has 78 heavy (non-hydrogen) atoms. The van der Waals surface area contributed by atoms with Gasteiger partial charge in [0.15, 0.2) is 30.9 Å². The SMILES string of the molecule is CO[C@]12C[C@@]3(C)[C@@H]4CC[C@H]5C(C)(C)[C@@H](O[C@@H]6O[C@H](CO)[C@@H](O)[C@H](O[C@@H]7O[C@H](CO)[C@@H](O)[C@H](O)[C@H]7O)[C@H]6O[C@@H]6O[C@@H](C)[C@H](O)[C@@H](O)[C@H]6O)CC[C@@]56C[C@@]46CC[C@]3(C)[C@H]1[C@H](C)C[C@H](/C=C(/C)CO[C@@H]1O[C@H](CO)[C@@H](O)[C@H](O)[C@H]1O)O2. The van der Waals surface area contributed by atoms with Crippen molar-refractivity contribution in [1.29, 1.82) is 0 Å². The van der Waals surface area contributed by atoms with Crippen LogP contribution in [0.1, 0.15) is 106 Å². The summed E-state index contributed by atoms with van der Waals surface area (Å²) in [6, 6.07) is 0. The molecule has 23 nitrogen and oxygen atoms in total. The van der Waals surface area contributed by atoms with Crippen LogP contribution in [0.25, 0.3) is 0 Å². The van der Waals surface area contributed by atoms with Gasteiger partial charge in [-0.05, 0) is 116 Å². The van der Waals surface area contributed by atoms with Crippen LogP contribution in [0, 0.1) is 50.7 Å². The van der Waals surface area contributed by atoms with Gasteiger partial charge in [-0.3, -0.25) is 0 Å². The van der Waals surface area contributed by atoms with Crippen molar-refractivity contribution in [3.8, 4) is 0 Å². The highest BCUT2D eigenvalue weighted by atomic mass is 16.8. The van der Waals surface area contributed by atoms with Gasteiger partial charge in [0.2, 0.25) is 0 Å². The van der Waals surface area contributed by atoms with Crippen LogP contribution in [0.4, 0.5) is 0 Å². The number of aliphatic hydroxyl groups excluding tert-OH is 13. The molecule has 5 saturated heterocycles. The summed E-state index contributed by atoms with van der Waals surface area (Å²) in [7, 11) is 1.76. The van der Waals surface area contributed by atoms with Gasteiger partial charge in [-0.1, -0.05) is 40.7 Å². The van der Waals surface area contributed by atoms with E-state index in [4.69, 9.17) is 47.4 Å². The minimum Gasteiger partial charge on any atom is -0.394 e. The second kappa shape index (κ2) is 21.7. The summed E-state index contributed by atoms with van der Waals surface area (Å²) in [5.41, 5.74) is 0.110. The summed E-state index contributed by atoms with van der Waals surface area (Å²) in [5, 5.41) is 138. The van der Waals surface area contributed by atoms with Crippen LogP contribution < -0.4 is 0 Å². The Hall–Kier alpha value is -1.18. The fourth-order valence-electron chi connectivity index (χ4n) is 18.1. The molecule has 0 radical (unpaired) electrons. The molecule has 5 aliphatic carbocycles. The fourth-order valence-corrected chi connectivity index (χ4v) is 18.1. The van der Waals surface area contributed by atoms with Gasteiger partial charge < -0.3 is 114 Å². The van der Waals surface area contributed by atoms with E-state index in [0.29, 0.717) is 18.8 Å². The molecule has 13 N–H and O–H groups in total. The third-order valence-corrected chi connectivity index (χ3v) is 22.1. The maximum absolute atomic E-state index is 11.8. The van der Waals surface area contributed by atoms with Crippen molar-refractivity contribution in [2.75, 3.05) is 33.5 Å². The van der Waals surface area contributed by atoms with Crippen LogP contribution in [0.15, 0.2) is 11.6 Å². The molecule has 0 amide bonds. The Morgan fingerprint density at radius 2 is 1.09 bits per heavy atom. The predicted molar refractivity (Wildman–Crippen MR) is 267 cm³/mol. The molecule has 448 valence electrons. The highest BCUT2D eigenvalue weighted by Crippen LogP contribution is 2.90. The van der Waals surface area contributed by atoms with E-state index >= 15 is 0 Å². The summed E-state index contributed by atoms with van der Waals surface area (Å²) >= 11 is 0. The number of fused-ring (bicyclic) bond motifs is 4. The second-order valence-electron chi connectivity index (χ2n) is 26.3. The van der Waals surface area contributed by atoms with Crippen molar-refractivity contribution >= 4 is 0 Å². The molecule has 0 aromatic rings. The molecular weight excluding hydrogens is 1030 g/mol. The van der Waals surface area contributed by atoms with Gasteiger partial charge in [-0.2, -0.15) is 0 Å². The lowest BCUT2D eigenvalue weighted by Gasteiger charge is -2.63. The number of hydrogen-bond donors (Lipinski definition) is 13. The Morgan fingerprint density at radius 3 is 1.72 bits per heavy atom. The zero-order valence-corrected chi connectivity index (χ0v) is 46.2. The van der Waals surface area contributed by atoms with E-state index in [1.165, 1.54) is 6.92 Å². The predicted octanol–water partition coefficient (Wildman–Crippen LogP) is -1.57. The first-order valence-corrected chi connectivity index (χ1v) is 28.5. The molecule has 5 aliphatic heterocycles. The molecule has 0 aromatic heterocycles. The Bertz CT molecular complexity index is 2140. The topological polar surface area (TPSA) is 355 Å². The molecule has 0 unspecified atom stereocenters. The average molecular weight is 1120 g/mol. The van der Waals surface area contributed by atoms with E-state index in [0.717, 1.165) is 50.5 Å². The zero-order chi connectivity index (χ0) is 56.6. The minimum atomic E-state index is -1.88. The van der Waals surface area contributed by atoms with E-state index in [-0.39, 0.29) is 52.1 Å². The number of methoxy groups -OCH3 is 1. The Labute approximate surface area is 455 Å². The minimum absolute atomic E-state index is 0.00247. The summed E-state index contributed by atoms with van der Waals surface area (Å²) < 4.78 is 62.9. The maximum atomic E-state index is 11.8. The van der Waals surface area contributed by atoms with Crippen LogP contribution in [0.2, 0.25) is 0 Å². The van der Waals surface area contributed by atoms with Crippen LogP contribution in [-0.4, -0.2) is 241 Å². The lowest BCUT2D eigenvalue weighted by atomic mass is 9.41. The first-order chi connectivity index (χ1) is 36.7. The number of rotatable bonds is 14. The molecule has 0 bridgehead atoms. The molecule has 10 aliphatic rings. The van der Waals surface area contributed by atoms with Gasteiger partial charge in [-0.25, -0.2) is 0 Å². The van der Waals surface area contributed by atoms with Crippen LogP contribution in [-0.2, 0) is 47.4 Å². The monoisotopic (exact) mass is 1120 g/mol. The Morgan fingerprint density at radius 1 is 0.551 bits per heavy atom. The van der Waals surface area contributed by atoms with Gasteiger partial charge in [0.05, 0.1) is 44.7 Å². The third-order valence-electron chi connectivity index (χ3n) is 22.1. The maximum Gasteiger partial charge on any atom is 0.187 e. The number of aliphatic hydroxyl groups is 13. The third kappa shape index (κ3) is 9.26. The van der Waals surface area contributed by atoms with Crippen molar-refractivity contribution in [3.63, 3.8) is 0 Å². The quantitative estimate of drug-likeness (QED) is 0.0690. The fraction of sp³-hybridized carbons (Fsp3) is 0.964. The van der Waals surface area contributed by atoms with E-state index in [9.17, 15) is 66.4 Å². The average Bonchev–Trinajstić information content (AvgIpc) is 4.12. The van der Waals surface area contributed by atoms with Crippen LogP contribution in [0.3, 0.4) is 0 Å². The normalized spacial score (nSPS) is 56.7. The van der Waals surface area contributed by atoms with Crippen molar-refractivity contribution in [1.82, 2.24) is 0 Å². The van der Waals surface area contributed by atoms with Crippen LogP contribution >= 0.6 is 0 Å². The molecule has 5 saturated carbocycles. The largest absolute Gasteiger partial charge is 0.394 e. The number of hydrogen-bond acceptors (Lipinski definition) is 23. The van der Waals surface area contributed by atoms with E-state index in [1.807, 2.05) is 13.0 Å². The van der Waals surface area contributed by atoms with E-state index in [2.05, 4.69) is 34.6 Å². The van der Waals surface area contributed by atoms with Crippen molar-refractivity contribution in [2.24, 2.45) is 50.7 Å². The van der Waals surface area contributed by atoms with Crippen molar-refractivity contribution in [3.05, 3.63) is 11.6 Å². The first kappa shape index (κ1) is 60.0. The molecule has 31 atom stereocenters. The molecule has 10 fully saturated rings. The molecule has 10 rings (SSSR count). The van der Waals surface area contributed by atoms with Crippen molar-refractivity contribution < 1.29 is 114 Å². The Balaban J connectivity index is 0.874. The van der Waals surface area contributed by atoms with Gasteiger partial charge in [0, 0.05) is 19.4 Å². The van der Waals surface area contributed by atoms with Crippen LogP contribution in [0.5, 0.6) is 0 Å².